The number of nitrogens with one attached hydrogen (secondary N) is 3. The summed E-state index contributed by atoms with van der Waals surface area (Å²) < 4.78 is 5.60. The molecule has 0 spiro atoms. The van der Waals surface area contributed by atoms with Crippen LogP contribution in [-0.4, -0.2) is 51.3 Å². The topological polar surface area (TPSA) is 74.8 Å². The lowest BCUT2D eigenvalue weighted by molar-refractivity contribution is -0.128. The second-order valence-electron chi connectivity index (χ2n) is 7.07. The van der Waals surface area contributed by atoms with Crippen molar-refractivity contribution in [1.29, 1.82) is 0 Å². The van der Waals surface area contributed by atoms with Gasteiger partial charge in [0.15, 0.2) is 5.96 Å². The van der Waals surface area contributed by atoms with Gasteiger partial charge in [0.1, 0.15) is 0 Å². The Morgan fingerprint density at radius 2 is 1.83 bits per heavy atom. The summed E-state index contributed by atoms with van der Waals surface area (Å²) in [5.41, 5.74) is -0.348. The summed E-state index contributed by atoms with van der Waals surface area (Å²) >= 11 is 0. The number of halogens is 1. The zero-order valence-corrected chi connectivity index (χ0v) is 17.9. The van der Waals surface area contributed by atoms with E-state index in [2.05, 4.69) is 20.9 Å². The lowest BCUT2D eigenvalue weighted by atomic mass is 9.96. The monoisotopic (exact) mass is 454 g/mol. The van der Waals surface area contributed by atoms with Crippen LogP contribution in [0.2, 0.25) is 0 Å². The fourth-order valence-corrected chi connectivity index (χ4v) is 1.86. The third-order valence-corrected chi connectivity index (χ3v) is 3.50. The molecule has 0 radical (unpaired) electrons. The summed E-state index contributed by atoms with van der Waals surface area (Å²) in [7, 11) is 0. The molecular weight excluding hydrogens is 419 g/mol. The summed E-state index contributed by atoms with van der Waals surface area (Å²) in [6.07, 6.45) is 3.60. The van der Waals surface area contributed by atoms with Crippen molar-refractivity contribution in [1.82, 2.24) is 16.0 Å². The van der Waals surface area contributed by atoms with Gasteiger partial charge in [0.2, 0.25) is 5.91 Å². The van der Waals surface area contributed by atoms with Crippen molar-refractivity contribution in [2.24, 2.45) is 16.3 Å². The molecule has 0 saturated heterocycles. The first-order valence-electron chi connectivity index (χ1n) is 8.81. The van der Waals surface area contributed by atoms with Crippen LogP contribution in [0.25, 0.3) is 0 Å². The number of hydrogen-bond acceptors (Lipinski definition) is 3. The Bertz CT molecular complexity index is 379. The number of guanidine groups is 1. The maximum atomic E-state index is 11.8. The Morgan fingerprint density at radius 1 is 1.17 bits per heavy atom. The molecule has 1 fully saturated rings. The van der Waals surface area contributed by atoms with Gasteiger partial charge in [-0.15, -0.1) is 24.0 Å². The number of amides is 1. The third kappa shape index (κ3) is 11.9. The maximum Gasteiger partial charge on any atom is 0.225 e. The Hall–Kier alpha value is -0.570. The summed E-state index contributed by atoms with van der Waals surface area (Å²) in [6, 6.07) is 0. The minimum absolute atomic E-state index is 0. The Balaban J connectivity index is 0.00000529. The normalized spacial score (nSPS) is 14.8. The number of ether oxygens (including phenoxy) is 1. The van der Waals surface area contributed by atoms with Gasteiger partial charge >= 0.3 is 0 Å². The molecule has 1 aliphatic rings. The van der Waals surface area contributed by atoms with E-state index in [1.54, 1.807) is 0 Å². The van der Waals surface area contributed by atoms with Crippen molar-refractivity contribution < 1.29 is 9.53 Å². The second-order valence-corrected chi connectivity index (χ2v) is 7.07. The van der Waals surface area contributed by atoms with E-state index >= 15 is 0 Å². The second kappa shape index (κ2) is 12.7. The number of nitrogens with zero attached hydrogens (tertiary/aromatic N) is 1. The van der Waals surface area contributed by atoms with Crippen molar-refractivity contribution in [2.75, 3.05) is 39.4 Å². The molecule has 3 N–H and O–H groups in total. The number of hydrogen-bond donors (Lipinski definition) is 3. The molecule has 0 heterocycles. The van der Waals surface area contributed by atoms with Crippen LogP contribution in [0.3, 0.4) is 0 Å². The molecule has 0 aromatic carbocycles. The van der Waals surface area contributed by atoms with Gasteiger partial charge in [0.25, 0.3) is 0 Å². The quantitative estimate of drug-likeness (QED) is 0.205. The molecule has 0 aromatic heterocycles. The summed E-state index contributed by atoms with van der Waals surface area (Å²) in [6.45, 7) is 12.3. The highest BCUT2D eigenvalue weighted by molar-refractivity contribution is 14.0. The number of carbonyl (C=O) groups is 1. The van der Waals surface area contributed by atoms with Gasteiger partial charge in [-0.25, -0.2) is 0 Å². The average Bonchev–Trinajstić information content (AvgIpc) is 3.29. The van der Waals surface area contributed by atoms with Crippen LogP contribution in [0, 0.1) is 11.3 Å². The zero-order chi connectivity index (χ0) is 17.1. The van der Waals surface area contributed by atoms with Gasteiger partial charge in [0, 0.05) is 44.8 Å². The molecule has 6 nitrogen and oxygen atoms in total. The molecule has 0 unspecified atom stereocenters. The molecule has 0 aliphatic heterocycles. The molecule has 0 bridgehead atoms. The Kier molecular flexibility index (Phi) is 12.4. The highest BCUT2D eigenvalue weighted by Crippen LogP contribution is 2.28. The lowest BCUT2D eigenvalue weighted by Crippen LogP contribution is -2.43. The van der Waals surface area contributed by atoms with E-state index in [4.69, 9.17) is 4.74 Å². The first kappa shape index (κ1) is 23.4. The van der Waals surface area contributed by atoms with Crippen molar-refractivity contribution in [2.45, 2.75) is 47.0 Å². The molecule has 24 heavy (non-hydrogen) atoms. The van der Waals surface area contributed by atoms with Gasteiger partial charge in [-0.1, -0.05) is 20.8 Å². The minimum atomic E-state index is -0.348. The van der Waals surface area contributed by atoms with Gasteiger partial charge in [0.05, 0.1) is 0 Å². The van der Waals surface area contributed by atoms with E-state index in [9.17, 15) is 4.79 Å². The smallest absolute Gasteiger partial charge is 0.225 e. The molecule has 7 heteroatoms. The van der Waals surface area contributed by atoms with Crippen LogP contribution in [-0.2, 0) is 9.53 Å². The first-order chi connectivity index (χ1) is 10.9. The zero-order valence-electron chi connectivity index (χ0n) is 15.6. The van der Waals surface area contributed by atoms with Crippen LogP contribution >= 0.6 is 24.0 Å². The van der Waals surface area contributed by atoms with Crippen molar-refractivity contribution >= 4 is 35.8 Å². The molecular formula is C17H35IN4O2. The van der Waals surface area contributed by atoms with E-state index in [0.717, 1.165) is 44.6 Å². The molecule has 1 aliphatic carbocycles. The predicted molar refractivity (Wildman–Crippen MR) is 110 cm³/mol. The average molecular weight is 454 g/mol. The van der Waals surface area contributed by atoms with Crippen molar-refractivity contribution in [3.8, 4) is 0 Å². The van der Waals surface area contributed by atoms with E-state index in [0.29, 0.717) is 13.1 Å². The largest absolute Gasteiger partial charge is 0.381 e. The predicted octanol–water partition coefficient (Wildman–Crippen LogP) is 2.14. The van der Waals surface area contributed by atoms with Gasteiger partial charge in [-0.3, -0.25) is 9.79 Å². The molecule has 1 rings (SSSR count). The molecule has 1 amide bonds. The summed E-state index contributed by atoms with van der Waals surface area (Å²) in [5.74, 6) is 1.68. The first-order valence-corrected chi connectivity index (χ1v) is 8.81. The Labute approximate surface area is 164 Å². The van der Waals surface area contributed by atoms with Crippen LogP contribution in [0.15, 0.2) is 4.99 Å². The standard InChI is InChI=1S/C17H34N4O2.HI/c1-5-18-16(20-9-6-12-23-13-14-7-8-14)21-11-10-19-15(22)17(2,3)4;/h14H,5-13H2,1-4H3,(H,19,22)(H2,18,20,21);1H. The van der Waals surface area contributed by atoms with E-state index in [-0.39, 0.29) is 35.3 Å². The molecule has 0 aromatic rings. The fourth-order valence-electron chi connectivity index (χ4n) is 1.86. The molecule has 142 valence electrons. The fraction of sp³-hybridized carbons (Fsp3) is 0.882. The number of aliphatic imine (C=N–C) groups is 1. The van der Waals surface area contributed by atoms with E-state index in [1.165, 1.54) is 12.8 Å². The minimum Gasteiger partial charge on any atom is -0.381 e. The highest BCUT2D eigenvalue weighted by Gasteiger charge is 2.21. The Morgan fingerprint density at radius 3 is 2.42 bits per heavy atom. The molecule has 1 saturated carbocycles. The van der Waals surface area contributed by atoms with E-state index in [1.807, 2.05) is 27.7 Å². The van der Waals surface area contributed by atoms with Crippen LogP contribution < -0.4 is 16.0 Å². The number of rotatable bonds is 10. The van der Waals surface area contributed by atoms with Crippen LogP contribution in [0.1, 0.15) is 47.0 Å². The third-order valence-electron chi connectivity index (χ3n) is 3.50. The van der Waals surface area contributed by atoms with Crippen LogP contribution in [0.5, 0.6) is 0 Å². The van der Waals surface area contributed by atoms with Gasteiger partial charge in [-0.2, -0.15) is 0 Å². The number of carbonyl (C=O) groups excluding carboxylic acids is 1. The maximum absolute atomic E-state index is 11.8. The molecule has 0 atom stereocenters. The van der Waals surface area contributed by atoms with Gasteiger partial charge < -0.3 is 20.7 Å². The summed E-state index contributed by atoms with van der Waals surface area (Å²) in [4.78, 5) is 16.3. The van der Waals surface area contributed by atoms with Crippen LogP contribution in [0.4, 0.5) is 0 Å². The van der Waals surface area contributed by atoms with Gasteiger partial charge in [-0.05, 0) is 32.1 Å². The van der Waals surface area contributed by atoms with Crippen molar-refractivity contribution in [3.63, 3.8) is 0 Å². The van der Waals surface area contributed by atoms with Crippen molar-refractivity contribution in [3.05, 3.63) is 0 Å². The van der Waals surface area contributed by atoms with E-state index < -0.39 is 0 Å². The lowest BCUT2D eigenvalue weighted by Gasteiger charge is -2.18. The SMILES string of the molecule is CCNC(=NCCCOCC1CC1)NCCNC(=O)C(C)(C)C.I. The summed E-state index contributed by atoms with van der Waals surface area (Å²) in [5, 5.41) is 9.35. The highest BCUT2D eigenvalue weighted by atomic mass is 127.